The normalized spacial score (nSPS) is 10.2. The Morgan fingerprint density at radius 1 is 0.541 bits per heavy atom. The molecular formula is C27H26N6O4. The van der Waals surface area contributed by atoms with E-state index in [0.717, 1.165) is 11.1 Å². The van der Waals surface area contributed by atoms with Gasteiger partial charge in [0, 0.05) is 23.5 Å². The molecule has 10 nitrogen and oxygen atoms in total. The molecule has 0 saturated heterocycles. The van der Waals surface area contributed by atoms with Crippen LogP contribution in [0.15, 0.2) is 97.1 Å². The molecule has 0 aromatic heterocycles. The van der Waals surface area contributed by atoms with E-state index in [9.17, 15) is 19.8 Å². The minimum Gasteiger partial charge on any atom is -0.508 e. The van der Waals surface area contributed by atoms with Crippen LogP contribution in [0.3, 0.4) is 0 Å². The average Bonchev–Trinajstić information content (AvgIpc) is 2.89. The summed E-state index contributed by atoms with van der Waals surface area (Å²) in [4.78, 5) is 24.2. The smallest absolute Gasteiger partial charge is 0.337 e. The number of phenolic OH excluding ortho intramolecular Hbond substituents is 2. The molecule has 0 radical (unpaired) electrons. The predicted molar refractivity (Wildman–Crippen MR) is 143 cm³/mol. The first kappa shape index (κ1) is 24.7. The molecule has 0 fully saturated rings. The van der Waals surface area contributed by atoms with Gasteiger partial charge in [-0.2, -0.15) is 0 Å². The summed E-state index contributed by atoms with van der Waals surface area (Å²) in [6, 6.07) is 26.8. The molecule has 0 spiro atoms. The van der Waals surface area contributed by atoms with Crippen molar-refractivity contribution in [3.05, 3.63) is 108 Å². The molecule has 0 saturated carbocycles. The number of carbonyl (C=O) groups excluding carboxylic acids is 2. The van der Waals surface area contributed by atoms with E-state index in [0.29, 0.717) is 29.2 Å². The van der Waals surface area contributed by atoms with Crippen LogP contribution in [0.4, 0.5) is 32.3 Å². The summed E-state index contributed by atoms with van der Waals surface area (Å²) < 4.78 is 0. The molecule has 8 N–H and O–H groups in total. The van der Waals surface area contributed by atoms with Crippen molar-refractivity contribution >= 4 is 34.8 Å². The first-order chi connectivity index (χ1) is 17.9. The van der Waals surface area contributed by atoms with Crippen LogP contribution in [0.2, 0.25) is 0 Å². The summed E-state index contributed by atoms with van der Waals surface area (Å²) in [5.74, 6) is 0.191. The van der Waals surface area contributed by atoms with Gasteiger partial charge in [0.1, 0.15) is 11.5 Å². The van der Waals surface area contributed by atoms with E-state index in [-0.39, 0.29) is 11.5 Å². The maximum Gasteiger partial charge on any atom is 0.337 e. The van der Waals surface area contributed by atoms with E-state index in [2.05, 4.69) is 32.3 Å². The van der Waals surface area contributed by atoms with Crippen molar-refractivity contribution in [3.8, 4) is 11.5 Å². The highest BCUT2D eigenvalue weighted by molar-refractivity contribution is 5.90. The van der Waals surface area contributed by atoms with Gasteiger partial charge < -0.3 is 20.8 Å². The van der Waals surface area contributed by atoms with Crippen LogP contribution in [0, 0.1) is 0 Å². The highest BCUT2D eigenvalue weighted by atomic mass is 16.3. The first-order valence-corrected chi connectivity index (χ1v) is 11.3. The molecule has 0 unspecified atom stereocenters. The number of carbonyl (C=O) groups is 2. The zero-order chi connectivity index (χ0) is 26.0. The number of anilines is 4. The summed E-state index contributed by atoms with van der Waals surface area (Å²) in [6.45, 7) is 0. The highest BCUT2D eigenvalue weighted by Crippen LogP contribution is 2.17. The van der Waals surface area contributed by atoms with Crippen molar-refractivity contribution in [2.75, 3.05) is 21.5 Å². The summed E-state index contributed by atoms with van der Waals surface area (Å²) in [5, 5.41) is 24.4. The lowest BCUT2D eigenvalue weighted by Crippen LogP contribution is -2.33. The van der Waals surface area contributed by atoms with E-state index >= 15 is 0 Å². The Kier molecular flexibility index (Phi) is 7.92. The van der Waals surface area contributed by atoms with Crippen molar-refractivity contribution in [1.82, 2.24) is 10.9 Å². The number of urea groups is 2. The van der Waals surface area contributed by atoms with Gasteiger partial charge in [-0.25, -0.2) is 9.59 Å². The van der Waals surface area contributed by atoms with E-state index in [4.69, 9.17) is 0 Å². The molecule has 188 valence electrons. The summed E-state index contributed by atoms with van der Waals surface area (Å²) >= 11 is 0. The van der Waals surface area contributed by atoms with Gasteiger partial charge in [-0.1, -0.05) is 36.4 Å². The highest BCUT2D eigenvalue weighted by Gasteiger charge is 2.05. The predicted octanol–water partition coefficient (Wildman–Crippen LogP) is 4.99. The average molecular weight is 499 g/mol. The third-order valence-corrected chi connectivity index (χ3v) is 5.16. The number of aromatic hydroxyl groups is 2. The van der Waals surface area contributed by atoms with E-state index in [1.807, 2.05) is 48.5 Å². The van der Waals surface area contributed by atoms with Crippen LogP contribution in [0.25, 0.3) is 0 Å². The first-order valence-electron chi connectivity index (χ1n) is 11.3. The third-order valence-electron chi connectivity index (χ3n) is 5.16. The fourth-order valence-electron chi connectivity index (χ4n) is 3.40. The molecule has 0 atom stereocenters. The Morgan fingerprint density at radius 2 is 0.946 bits per heavy atom. The Bertz CT molecular complexity index is 1260. The van der Waals surface area contributed by atoms with Crippen molar-refractivity contribution in [2.24, 2.45) is 0 Å². The van der Waals surface area contributed by atoms with Gasteiger partial charge in [-0.15, -0.1) is 0 Å². The zero-order valence-electron chi connectivity index (χ0n) is 19.7. The molecule has 10 heteroatoms. The van der Waals surface area contributed by atoms with Gasteiger partial charge in [-0.3, -0.25) is 21.7 Å². The van der Waals surface area contributed by atoms with Gasteiger partial charge in [0.25, 0.3) is 0 Å². The lowest BCUT2D eigenvalue weighted by Gasteiger charge is -2.11. The molecule has 0 aliphatic heterocycles. The van der Waals surface area contributed by atoms with Gasteiger partial charge in [0.2, 0.25) is 0 Å². The zero-order valence-corrected chi connectivity index (χ0v) is 19.7. The number of phenols is 2. The second-order valence-electron chi connectivity index (χ2n) is 8.08. The number of rotatable bonds is 8. The molecule has 0 bridgehead atoms. The molecule has 4 aromatic rings. The molecule has 4 rings (SSSR count). The number of hydrogen-bond acceptors (Lipinski definition) is 6. The minimum absolute atomic E-state index is 0.0953. The van der Waals surface area contributed by atoms with Crippen molar-refractivity contribution < 1.29 is 19.8 Å². The van der Waals surface area contributed by atoms with Crippen LogP contribution in [0.5, 0.6) is 11.5 Å². The Labute approximate surface area is 213 Å². The fourth-order valence-corrected chi connectivity index (χ4v) is 3.40. The SMILES string of the molecule is O=C(NNc1cccc(O)c1)Nc1ccc(Cc2ccc(NC(=O)NNc3cccc(O)c3)cc2)cc1. The Balaban J connectivity index is 1.21. The lowest BCUT2D eigenvalue weighted by molar-refractivity contribution is 0.253. The van der Waals surface area contributed by atoms with Crippen molar-refractivity contribution in [3.63, 3.8) is 0 Å². The summed E-state index contributed by atoms with van der Waals surface area (Å²) in [5.41, 5.74) is 14.9. The Hall–Kier alpha value is -5.38. The largest absolute Gasteiger partial charge is 0.508 e. The quantitative estimate of drug-likeness (QED) is 0.161. The monoisotopic (exact) mass is 498 g/mol. The van der Waals surface area contributed by atoms with Crippen LogP contribution in [-0.4, -0.2) is 22.3 Å². The van der Waals surface area contributed by atoms with Crippen LogP contribution < -0.4 is 32.3 Å². The second-order valence-corrected chi connectivity index (χ2v) is 8.08. The number of nitrogens with one attached hydrogen (secondary N) is 6. The fraction of sp³-hybridized carbons (Fsp3) is 0.0370. The standard InChI is InChI=1S/C27H26N6O4/c34-24-5-1-3-22(16-24)30-32-26(36)28-20-11-7-18(8-12-20)15-19-9-13-21(14-10-19)29-27(37)33-31-23-4-2-6-25(35)17-23/h1-14,16-17,30-31,34-35H,15H2,(H2,28,32,36)(H2,29,33,37). The number of hydrazine groups is 2. The topological polar surface area (TPSA) is 147 Å². The van der Waals surface area contributed by atoms with Gasteiger partial charge in [0.05, 0.1) is 11.4 Å². The van der Waals surface area contributed by atoms with Crippen LogP contribution >= 0.6 is 0 Å². The molecular weight excluding hydrogens is 472 g/mol. The van der Waals surface area contributed by atoms with Crippen molar-refractivity contribution in [2.45, 2.75) is 6.42 Å². The Morgan fingerprint density at radius 3 is 1.32 bits per heavy atom. The maximum atomic E-state index is 12.1. The molecule has 37 heavy (non-hydrogen) atoms. The van der Waals surface area contributed by atoms with Crippen LogP contribution in [-0.2, 0) is 6.42 Å². The third kappa shape index (κ3) is 7.82. The number of hydrogen-bond donors (Lipinski definition) is 8. The lowest BCUT2D eigenvalue weighted by atomic mass is 10.0. The molecule has 4 amide bonds. The number of amides is 4. The molecule has 4 aromatic carbocycles. The maximum absolute atomic E-state index is 12.1. The van der Waals surface area contributed by atoms with E-state index < -0.39 is 12.1 Å². The van der Waals surface area contributed by atoms with Gasteiger partial charge in [-0.05, 0) is 66.1 Å². The molecule has 0 heterocycles. The van der Waals surface area contributed by atoms with Gasteiger partial charge in [0.15, 0.2) is 0 Å². The summed E-state index contributed by atoms with van der Waals surface area (Å²) in [7, 11) is 0. The minimum atomic E-state index is -0.444. The van der Waals surface area contributed by atoms with Crippen LogP contribution in [0.1, 0.15) is 11.1 Å². The summed E-state index contributed by atoms with van der Waals surface area (Å²) in [6.07, 6.45) is 0.678. The second kappa shape index (κ2) is 11.8. The number of benzene rings is 4. The van der Waals surface area contributed by atoms with E-state index in [1.165, 1.54) is 24.3 Å². The molecule has 0 aliphatic rings. The molecule has 0 aliphatic carbocycles. The van der Waals surface area contributed by atoms with Crippen molar-refractivity contribution in [1.29, 1.82) is 0 Å². The van der Waals surface area contributed by atoms with Gasteiger partial charge >= 0.3 is 12.1 Å². The van der Waals surface area contributed by atoms with E-state index in [1.54, 1.807) is 24.3 Å².